The molecule has 1 aromatic heterocycles. The number of rotatable bonds is 7. The van der Waals surface area contributed by atoms with E-state index in [0.29, 0.717) is 11.7 Å². The third-order valence-electron chi connectivity index (χ3n) is 3.10. The molecule has 0 aliphatic carbocycles. The van der Waals surface area contributed by atoms with Gasteiger partial charge in [0.1, 0.15) is 5.82 Å². The van der Waals surface area contributed by atoms with Crippen LogP contribution in [0.15, 0.2) is 36.4 Å². The summed E-state index contributed by atoms with van der Waals surface area (Å²) in [5.41, 5.74) is 6.83. The number of nitrogens with two attached hydrogens (primary N) is 1. The van der Waals surface area contributed by atoms with Crippen LogP contribution in [-0.2, 0) is 0 Å². The number of benzene rings is 1. The summed E-state index contributed by atoms with van der Waals surface area (Å²) in [6.07, 6.45) is 0.984. The molecule has 0 saturated heterocycles. The maximum absolute atomic E-state index is 5.61. The molecule has 0 radical (unpaired) electrons. The Balaban J connectivity index is 1.78. The first-order chi connectivity index (χ1) is 10.2. The van der Waals surface area contributed by atoms with Gasteiger partial charge in [0.25, 0.3) is 0 Å². The van der Waals surface area contributed by atoms with E-state index in [-0.39, 0.29) is 5.95 Å². The predicted molar refractivity (Wildman–Crippen MR) is 85.8 cm³/mol. The van der Waals surface area contributed by atoms with Crippen LogP contribution in [0.2, 0.25) is 0 Å². The second-order valence-corrected chi connectivity index (χ2v) is 4.69. The molecule has 0 saturated carbocycles. The van der Waals surface area contributed by atoms with Crippen molar-refractivity contribution >= 4 is 17.5 Å². The van der Waals surface area contributed by atoms with Gasteiger partial charge in [-0.15, -0.1) is 0 Å². The van der Waals surface area contributed by atoms with Gasteiger partial charge >= 0.3 is 0 Å². The van der Waals surface area contributed by atoms with Gasteiger partial charge in [-0.05, 0) is 18.6 Å². The average Bonchev–Trinajstić information content (AvgIpc) is 2.51. The van der Waals surface area contributed by atoms with Gasteiger partial charge in [-0.2, -0.15) is 9.97 Å². The Morgan fingerprint density at radius 2 is 2.00 bits per heavy atom. The molecule has 6 heteroatoms. The molecule has 0 aliphatic rings. The maximum atomic E-state index is 5.61. The van der Waals surface area contributed by atoms with Crippen molar-refractivity contribution in [3.05, 3.63) is 36.4 Å². The number of aromatic nitrogens is 2. The van der Waals surface area contributed by atoms with Crippen molar-refractivity contribution < 1.29 is 4.74 Å². The maximum Gasteiger partial charge on any atom is 0.225 e. The van der Waals surface area contributed by atoms with E-state index in [0.717, 1.165) is 19.5 Å². The first-order valence-corrected chi connectivity index (χ1v) is 6.87. The molecule has 0 aliphatic heterocycles. The molecule has 0 fully saturated rings. The largest absolute Gasteiger partial charge is 0.481 e. The van der Waals surface area contributed by atoms with Crippen LogP contribution < -0.4 is 20.7 Å². The second-order valence-electron chi connectivity index (χ2n) is 4.69. The molecule has 6 nitrogen and oxygen atoms in total. The van der Waals surface area contributed by atoms with Gasteiger partial charge < -0.3 is 20.7 Å². The molecular formula is C15H21N5O. The molecule has 3 N–H and O–H groups in total. The number of hydrogen-bond donors (Lipinski definition) is 2. The van der Waals surface area contributed by atoms with Crippen LogP contribution in [-0.4, -0.2) is 37.2 Å². The van der Waals surface area contributed by atoms with E-state index in [1.165, 1.54) is 5.69 Å². The zero-order valence-electron chi connectivity index (χ0n) is 12.4. The minimum atomic E-state index is 0.207. The number of nitrogen functional groups attached to an aromatic ring is 1. The van der Waals surface area contributed by atoms with Crippen molar-refractivity contribution in [3.8, 4) is 5.88 Å². The monoisotopic (exact) mass is 287 g/mol. The van der Waals surface area contributed by atoms with Gasteiger partial charge in [0, 0.05) is 31.9 Å². The zero-order valence-corrected chi connectivity index (χ0v) is 12.4. The van der Waals surface area contributed by atoms with E-state index in [4.69, 9.17) is 10.5 Å². The number of hydrogen-bond acceptors (Lipinski definition) is 6. The van der Waals surface area contributed by atoms with E-state index in [2.05, 4.69) is 39.4 Å². The van der Waals surface area contributed by atoms with Gasteiger partial charge in [-0.1, -0.05) is 18.2 Å². The summed E-state index contributed by atoms with van der Waals surface area (Å²) in [6, 6.07) is 12.0. The van der Waals surface area contributed by atoms with E-state index < -0.39 is 0 Å². The van der Waals surface area contributed by atoms with Gasteiger partial charge in [-0.25, -0.2) is 0 Å². The molecule has 1 aromatic carbocycles. The highest BCUT2D eigenvalue weighted by Gasteiger charge is 2.03. The fraction of sp³-hybridized carbons (Fsp3) is 0.333. The summed E-state index contributed by atoms with van der Waals surface area (Å²) >= 11 is 0. The van der Waals surface area contributed by atoms with Crippen molar-refractivity contribution in [1.82, 2.24) is 9.97 Å². The Labute approximate surface area is 125 Å². The SMILES string of the molecule is COc1cc(NCCCN(C)c2ccccc2)nc(N)n1. The van der Waals surface area contributed by atoms with Crippen LogP contribution in [0.5, 0.6) is 5.88 Å². The Bertz CT molecular complexity index is 561. The highest BCUT2D eigenvalue weighted by molar-refractivity contribution is 5.45. The Morgan fingerprint density at radius 1 is 1.24 bits per heavy atom. The summed E-state index contributed by atoms with van der Waals surface area (Å²) in [4.78, 5) is 10.3. The third-order valence-corrected chi connectivity index (χ3v) is 3.10. The summed E-state index contributed by atoms with van der Waals surface area (Å²) in [7, 11) is 3.64. The number of para-hydroxylation sites is 1. The summed E-state index contributed by atoms with van der Waals surface area (Å²) in [5, 5.41) is 3.23. The fourth-order valence-corrected chi connectivity index (χ4v) is 1.98. The Morgan fingerprint density at radius 3 is 2.71 bits per heavy atom. The normalized spacial score (nSPS) is 10.2. The summed E-state index contributed by atoms with van der Waals surface area (Å²) in [6.45, 7) is 1.76. The minimum absolute atomic E-state index is 0.207. The standard InChI is InChI=1S/C15H21N5O/c1-20(12-7-4-3-5-8-12)10-6-9-17-13-11-14(21-2)19-15(16)18-13/h3-5,7-8,11H,6,9-10H2,1-2H3,(H3,16,17,18,19). The zero-order chi connectivity index (χ0) is 15.1. The first kappa shape index (κ1) is 14.9. The average molecular weight is 287 g/mol. The third kappa shape index (κ3) is 4.52. The number of nitrogens with zero attached hydrogens (tertiary/aromatic N) is 3. The second kappa shape index (κ2) is 7.33. The quantitative estimate of drug-likeness (QED) is 0.759. The number of methoxy groups -OCH3 is 1. The van der Waals surface area contributed by atoms with Crippen molar-refractivity contribution in [1.29, 1.82) is 0 Å². The van der Waals surface area contributed by atoms with E-state index in [1.807, 2.05) is 18.2 Å². The van der Waals surface area contributed by atoms with Crippen molar-refractivity contribution in [2.75, 3.05) is 43.2 Å². The van der Waals surface area contributed by atoms with Crippen LogP contribution in [0.25, 0.3) is 0 Å². The Kier molecular flexibility index (Phi) is 5.20. The van der Waals surface area contributed by atoms with E-state index in [9.17, 15) is 0 Å². The van der Waals surface area contributed by atoms with Crippen LogP contribution in [0.4, 0.5) is 17.5 Å². The van der Waals surface area contributed by atoms with Gasteiger partial charge in [0.05, 0.1) is 7.11 Å². The minimum Gasteiger partial charge on any atom is -0.481 e. The lowest BCUT2D eigenvalue weighted by molar-refractivity contribution is 0.398. The number of nitrogens with one attached hydrogen (secondary N) is 1. The van der Waals surface area contributed by atoms with Crippen LogP contribution >= 0.6 is 0 Å². The van der Waals surface area contributed by atoms with Crippen LogP contribution in [0.1, 0.15) is 6.42 Å². The smallest absolute Gasteiger partial charge is 0.225 e. The fourth-order valence-electron chi connectivity index (χ4n) is 1.98. The molecule has 0 atom stereocenters. The van der Waals surface area contributed by atoms with Gasteiger partial charge in [0.2, 0.25) is 11.8 Å². The molecule has 2 rings (SSSR count). The molecule has 112 valence electrons. The molecule has 21 heavy (non-hydrogen) atoms. The van der Waals surface area contributed by atoms with Crippen molar-refractivity contribution in [3.63, 3.8) is 0 Å². The molecular weight excluding hydrogens is 266 g/mol. The summed E-state index contributed by atoms with van der Waals surface area (Å²) in [5.74, 6) is 1.35. The van der Waals surface area contributed by atoms with Gasteiger partial charge in [-0.3, -0.25) is 0 Å². The highest BCUT2D eigenvalue weighted by Crippen LogP contribution is 2.14. The topological polar surface area (TPSA) is 76.3 Å². The molecule has 0 unspecified atom stereocenters. The highest BCUT2D eigenvalue weighted by atomic mass is 16.5. The van der Waals surface area contributed by atoms with Gasteiger partial charge in [0.15, 0.2) is 0 Å². The van der Waals surface area contributed by atoms with E-state index >= 15 is 0 Å². The van der Waals surface area contributed by atoms with Crippen LogP contribution in [0.3, 0.4) is 0 Å². The molecule has 0 amide bonds. The molecule has 0 spiro atoms. The Hall–Kier alpha value is -2.50. The lowest BCUT2D eigenvalue weighted by Crippen LogP contribution is -2.20. The van der Waals surface area contributed by atoms with Crippen molar-refractivity contribution in [2.24, 2.45) is 0 Å². The first-order valence-electron chi connectivity index (χ1n) is 6.87. The summed E-state index contributed by atoms with van der Waals surface area (Å²) < 4.78 is 5.06. The number of ether oxygens (including phenoxy) is 1. The molecule has 1 heterocycles. The number of anilines is 3. The van der Waals surface area contributed by atoms with E-state index in [1.54, 1.807) is 13.2 Å². The van der Waals surface area contributed by atoms with Crippen molar-refractivity contribution in [2.45, 2.75) is 6.42 Å². The van der Waals surface area contributed by atoms with Crippen LogP contribution in [0, 0.1) is 0 Å². The predicted octanol–water partition coefficient (Wildman–Crippen LogP) is 2.01. The molecule has 0 bridgehead atoms. The molecule has 2 aromatic rings. The lowest BCUT2D eigenvalue weighted by Gasteiger charge is -2.19. The lowest BCUT2D eigenvalue weighted by atomic mass is 10.3.